The molecular weight excluding hydrogens is 374 g/mol. The van der Waals surface area contributed by atoms with E-state index >= 15 is 0 Å². The van der Waals surface area contributed by atoms with Gasteiger partial charge in [0.2, 0.25) is 0 Å². The Bertz CT molecular complexity index is 914. The first-order valence-corrected chi connectivity index (χ1v) is 9.38. The number of benzene rings is 2. The van der Waals surface area contributed by atoms with E-state index in [4.69, 9.17) is 17.3 Å². The molecule has 6 nitrogen and oxygen atoms in total. The summed E-state index contributed by atoms with van der Waals surface area (Å²) in [7, 11) is 3.64. The first-order valence-electron chi connectivity index (χ1n) is 8.98. The zero-order valence-corrected chi connectivity index (χ0v) is 16.7. The minimum absolute atomic E-state index is 0.0751. The van der Waals surface area contributed by atoms with Gasteiger partial charge in [0.1, 0.15) is 11.4 Å². The average Bonchev–Trinajstić information content (AvgIpc) is 2.91. The van der Waals surface area contributed by atoms with E-state index in [-0.39, 0.29) is 18.3 Å². The highest BCUT2D eigenvalue weighted by atomic mass is 32.1. The van der Waals surface area contributed by atoms with E-state index in [0.29, 0.717) is 35.0 Å². The van der Waals surface area contributed by atoms with Gasteiger partial charge in [-0.05, 0) is 49.0 Å². The molecule has 0 bridgehead atoms. The van der Waals surface area contributed by atoms with Gasteiger partial charge in [-0.25, -0.2) is 0 Å². The van der Waals surface area contributed by atoms with Crippen LogP contribution in [0.3, 0.4) is 0 Å². The molecule has 0 radical (unpaired) electrons. The van der Waals surface area contributed by atoms with Crippen molar-refractivity contribution < 1.29 is 15.0 Å². The molecule has 2 N–H and O–H groups in total. The Labute approximate surface area is 169 Å². The molecule has 1 aliphatic heterocycles. The zero-order chi connectivity index (χ0) is 20.3. The highest BCUT2D eigenvalue weighted by Crippen LogP contribution is 2.31. The van der Waals surface area contributed by atoms with Crippen molar-refractivity contribution >= 4 is 40.7 Å². The molecule has 0 unspecified atom stereocenters. The van der Waals surface area contributed by atoms with Crippen LogP contribution in [-0.2, 0) is 4.79 Å². The molecule has 2 aromatic rings. The van der Waals surface area contributed by atoms with E-state index in [2.05, 4.69) is 0 Å². The fourth-order valence-corrected chi connectivity index (χ4v) is 3.32. The maximum Gasteiger partial charge on any atom is 0.281 e. The van der Waals surface area contributed by atoms with Crippen LogP contribution in [0, 0.1) is 0 Å². The highest BCUT2D eigenvalue weighted by Gasteiger charge is 2.36. The third-order valence-electron chi connectivity index (χ3n) is 4.67. The van der Waals surface area contributed by atoms with Crippen LogP contribution in [0.4, 0.5) is 11.4 Å². The summed E-state index contributed by atoms with van der Waals surface area (Å²) in [4.78, 5) is 18.0. The van der Waals surface area contributed by atoms with Gasteiger partial charge in [0.05, 0.1) is 5.69 Å². The Kier molecular flexibility index (Phi) is 5.96. The smallest absolute Gasteiger partial charge is 0.281 e. The molecule has 0 aromatic heterocycles. The fourth-order valence-electron chi connectivity index (χ4n) is 3.04. The van der Waals surface area contributed by atoms with E-state index in [1.165, 1.54) is 4.90 Å². The second-order valence-corrected chi connectivity index (χ2v) is 6.95. The van der Waals surface area contributed by atoms with Crippen LogP contribution in [0.15, 0.2) is 54.2 Å². The number of aromatic hydroxyl groups is 1. The molecule has 1 fully saturated rings. The number of aliphatic hydroxyl groups is 1. The third kappa shape index (κ3) is 3.85. The van der Waals surface area contributed by atoms with Crippen molar-refractivity contribution in [3.05, 3.63) is 59.8 Å². The lowest BCUT2D eigenvalue weighted by molar-refractivity contribution is -0.114. The van der Waals surface area contributed by atoms with Crippen LogP contribution in [0.2, 0.25) is 0 Å². The van der Waals surface area contributed by atoms with Gasteiger partial charge < -0.3 is 20.0 Å². The summed E-state index contributed by atoms with van der Waals surface area (Å²) in [5.74, 6) is -0.159. The van der Waals surface area contributed by atoms with Crippen LogP contribution in [0.25, 0.3) is 6.08 Å². The van der Waals surface area contributed by atoms with Crippen molar-refractivity contribution in [3.63, 3.8) is 0 Å². The van der Waals surface area contributed by atoms with Gasteiger partial charge in [-0.1, -0.05) is 18.2 Å². The molecule has 0 saturated carbocycles. The normalized spacial score (nSPS) is 15.6. The Morgan fingerprint density at radius 1 is 1.18 bits per heavy atom. The Morgan fingerprint density at radius 3 is 2.54 bits per heavy atom. The summed E-state index contributed by atoms with van der Waals surface area (Å²) in [6.45, 7) is 0.796. The third-order valence-corrected chi connectivity index (χ3v) is 5.13. The van der Waals surface area contributed by atoms with Gasteiger partial charge in [-0.2, -0.15) is 0 Å². The number of para-hydroxylation sites is 1. The largest absolute Gasteiger partial charge is 0.507 e. The summed E-state index contributed by atoms with van der Waals surface area (Å²) >= 11 is 5.44. The Hall–Kier alpha value is -2.90. The van der Waals surface area contributed by atoms with Crippen LogP contribution < -0.4 is 9.80 Å². The van der Waals surface area contributed by atoms with Crippen molar-refractivity contribution in [1.29, 1.82) is 0 Å². The van der Waals surface area contributed by atoms with Crippen LogP contribution in [0.1, 0.15) is 12.0 Å². The van der Waals surface area contributed by atoms with E-state index < -0.39 is 0 Å². The molecule has 2 aromatic carbocycles. The molecule has 146 valence electrons. The van der Waals surface area contributed by atoms with Crippen molar-refractivity contribution in [2.24, 2.45) is 0 Å². The zero-order valence-electron chi connectivity index (χ0n) is 15.9. The molecule has 1 aliphatic rings. The number of phenols is 1. The van der Waals surface area contributed by atoms with E-state index in [1.54, 1.807) is 30.2 Å². The van der Waals surface area contributed by atoms with Crippen molar-refractivity contribution in [2.45, 2.75) is 6.42 Å². The molecule has 28 heavy (non-hydrogen) atoms. The standard InChI is InChI=1S/C21H23N3O3S/c1-22(11-6-12-25)17-10-9-15(19(26)14-17)13-18-20(27)24(21(28)23(18)2)16-7-4-3-5-8-16/h3-5,7-10,13-14,25-26H,6,11-12H2,1-2H3/b18-13+. The summed E-state index contributed by atoms with van der Waals surface area (Å²) in [5, 5.41) is 19.8. The number of aliphatic hydroxyl groups excluding tert-OH is 1. The quantitative estimate of drug-likeness (QED) is 0.577. The van der Waals surface area contributed by atoms with Gasteiger partial charge >= 0.3 is 0 Å². The molecule has 1 saturated heterocycles. The molecule has 3 rings (SSSR count). The van der Waals surface area contributed by atoms with Crippen LogP contribution in [-0.4, -0.2) is 53.4 Å². The number of nitrogens with zero attached hydrogens (tertiary/aromatic N) is 3. The number of carbonyl (C=O) groups is 1. The predicted molar refractivity (Wildman–Crippen MR) is 115 cm³/mol. The number of carbonyl (C=O) groups excluding carboxylic acids is 1. The number of anilines is 2. The first-order chi connectivity index (χ1) is 13.4. The van der Waals surface area contributed by atoms with Crippen molar-refractivity contribution in [1.82, 2.24) is 4.90 Å². The molecule has 7 heteroatoms. The minimum atomic E-state index is -0.234. The molecule has 1 heterocycles. The summed E-state index contributed by atoms with van der Waals surface area (Å²) in [6.07, 6.45) is 2.29. The number of hydrogen-bond donors (Lipinski definition) is 2. The van der Waals surface area contributed by atoms with Gasteiger partial charge in [0.15, 0.2) is 5.11 Å². The lowest BCUT2D eigenvalue weighted by Crippen LogP contribution is -2.30. The lowest BCUT2D eigenvalue weighted by Gasteiger charge is -2.19. The van der Waals surface area contributed by atoms with Crippen molar-refractivity contribution in [2.75, 3.05) is 37.0 Å². The van der Waals surface area contributed by atoms with Gasteiger partial charge in [-0.15, -0.1) is 0 Å². The van der Waals surface area contributed by atoms with E-state index in [9.17, 15) is 9.90 Å². The number of amides is 1. The Balaban J connectivity index is 1.89. The number of phenolic OH excluding ortho intramolecular Hbond substituents is 1. The number of hydrogen-bond acceptors (Lipinski definition) is 5. The maximum atomic E-state index is 13.0. The average molecular weight is 398 g/mol. The number of rotatable bonds is 6. The fraction of sp³-hybridized carbons (Fsp3) is 0.238. The summed E-state index contributed by atoms with van der Waals surface area (Å²) in [5.41, 5.74) is 2.47. The molecule has 0 spiro atoms. The molecule has 1 amide bonds. The van der Waals surface area contributed by atoms with E-state index in [1.807, 2.05) is 48.3 Å². The van der Waals surface area contributed by atoms with Crippen molar-refractivity contribution in [3.8, 4) is 5.75 Å². The first kappa shape index (κ1) is 19.9. The molecule has 0 atom stereocenters. The monoisotopic (exact) mass is 397 g/mol. The predicted octanol–water partition coefficient (Wildman–Crippen LogP) is 2.82. The SMILES string of the molecule is CN1C(=S)N(c2ccccc2)C(=O)/C1=C\c1ccc(N(C)CCCO)cc1O. The van der Waals surface area contributed by atoms with Crippen LogP contribution in [0.5, 0.6) is 5.75 Å². The number of thiocarbonyl (C=S) groups is 1. The molecule has 0 aliphatic carbocycles. The highest BCUT2D eigenvalue weighted by molar-refractivity contribution is 7.80. The number of likely N-dealkylation sites (N-methyl/N-ethyl adjacent to an activating group) is 1. The lowest BCUT2D eigenvalue weighted by atomic mass is 10.1. The second-order valence-electron chi connectivity index (χ2n) is 6.59. The minimum Gasteiger partial charge on any atom is -0.507 e. The van der Waals surface area contributed by atoms with E-state index in [0.717, 1.165) is 5.69 Å². The summed E-state index contributed by atoms with van der Waals surface area (Å²) in [6, 6.07) is 14.5. The van der Waals surface area contributed by atoms with Gasteiger partial charge in [0, 0.05) is 44.6 Å². The van der Waals surface area contributed by atoms with Gasteiger partial charge in [-0.3, -0.25) is 9.69 Å². The topological polar surface area (TPSA) is 67.2 Å². The van der Waals surface area contributed by atoms with Crippen LogP contribution >= 0.6 is 12.2 Å². The molecular formula is C21H23N3O3S. The Morgan fingerprint density at radius 2 is 1.89 bits per heavy atom. The summed E-state index contributed by atoms with van der Waals surface area (Å²) < 4.78 is 0. The maximum absolute atomic E-state index is 13.0. The van der Waals surface area contributed by atoms with Gasteiger partial charge in [0.25, 0.3) is 5.91 Å². The second kappa shape index (κ2) is 8.41.